The number of allylic oxidation sites excluding steroid dienone is 28. The highest BCUT2D eigenvalue weighted by Gasteiger charge is 2.29. The van der Waals surface area contributed by atoms with E-state index in [1.54, 1.807) is 0 Å². The molecular weight excluding hydrogens is 1360 g/mol. The molecule has 105 heavy (non-hydrogen) atoms. The van der Waals surface area contributed by atoms with E-state index in [0.717, 1.165) is 154 Å². The zero-order valence-electron chi connectivity index (χ0n) is 65.3. The summed E-state index contributed by atoms with van der Waals surface area (Å²) in [5.41, 5.74) is 0. The van der Waals surface area contributed by atoms with Crippen LogP contribution in [0, 0.1) is 0 Å². The van der Waals surface area contributed by atoms with Crippen LogP contribution in [-0.4, -0.2) is 95.9 Å². The Bertz CT molecular complexity index is 2590. The van der Waals surface area contributed by atoms with Crippen LogP contribution < -0.4 is 0 Å². The van der Waals surface area contributed by atoms with Crippen LogP contribution in [-0.2, 0) is 55.8 Å². The number of hydrogen-bond donors (Lipinski definition) is 4. The van der Waals surface area contributed by atoms with E-state index in [9.17, 15) is 43.5 Å². The molecule has 0 amide bonds. The summed E-state index contributed by atoms with van der Waals surface area (Å²) in [6, 6.07) is 0. The fraction of sp³-hybridized carbons (Fsp3) is 0.644. The Hall–Kier alpha value is -5.09. The molecule has 0 bridgehead atoms. The normalized spacial score (nSPS) is 14.8. The lowest BCUT2D eigenvalue weighted by Gasteiger charge is -2.21. The van der Waals surface area contributed by atoms with Crippen molar-refractivity contribution in [2.75, 3.05) is 39.6 Å². The molecule has 5 atom stereocenters. The van der Waals surface area contributed by atoms with Crippen molar-refractivity contribution in [1.29, 1.82) is 0 Å². The fourth-order valence-corrected chi connectivity index (χ4v) is 11.9. The number of aliphatic hydroxyl groups is 2. The van der Waals surface area contributed by atoms with Gasteiger partial charge in [-0.2, -0.15) is 0 Å². The third-order valence-electron chi connectivity index (χ3n) is 16.4. The van der Waals surface area contributed by atoms with Crippen LogP contribution in [0.5, 0.6) is 0 Å². The Balaban J connectivity index is 4.62. The first-order valence-electron chi connectivity index (χ1n) is 40.4. The van der Waals surface area contributed by atoms with E-state index in [1.807, 2.05) is 12.2 Å². The van der Waals surface area contributed by atoms with E-state index < -0.39 is 91.5 Å². The Morgan fingerprint density at radius 1 is 0.276 bits per heavy atom. The number of carbonyl (C=O) groups excluding carboxylic acids is 3. The maximum absolute atomic E-state index is 13.0. The summed E-state index contributed by atoms with van der Waals surface area (Å²) in [5.74, 6) is -1.66. The molecule has 18 heteroatoms. The average molecular weight is 1510 g/mol. The van der Waals surface area contributed by atoms with E-state index in [-0.39, 0.29) is 19.3 Å². The SMILES string of the molecule is CC/C=C\C/C=C\C/C=C\C/C=C\C/C=C\CCCCCCCCCC(=O)OCC(COP(=O)(O)OCC(O)COP(=O)(O)OCC(O)COC(=O)CCCCCCCCCCCCCCC/C=C\C/C=C\C/C=C\C/C=C\CCCCC)OC(=O)CCC/C=C\C/C=C\C/C=C\C/C=C\C/C=C\CC. The maximum Gasteiger partial charge on any atom is 0.472 e. The summed E-state index contributed by atoms with van der Waals surface area (Å²) in [4.78, 5) is 58.7. The first-order chi connectivity index (χ1) is 51.2. The van der Waals surface area contributed by atoms with Crippen molar-refractivity contribution in [3.8, 4) is 0 Å². The number of aliphatic hydroxyl groups excluding tert-OH is 2. The summed E-state index contributed by atoms with van der Waals surface area (Å²) < 4.78 is 61.1. The minimum absolute atomic E-state index is 0.0175. The van der Waals surface area contributed by atoms with Crippen LogP contribution in [0.2, 0.25) is 0 Å². The van der Waals surface area contributed by atoms with Crippen molar-refractivity contribution in [2.24, 2.45) is 0 Å². The van der Waals surface area contributed by atoms with Gasteiger partial charge in [0.15, 0.2) is 6.10 Å². The fourth-order valence-electron chi connectivity index (χ4n) is 10.3. The van der Waals surface area contributed by atoms with Gasteiger partial charge in [-0.05, 0) is 148 Å². The molecule has 4 N–H and O–H groups in total. The topological polar surface area (TPSA) is 231 Å². The minimum Gasteiger partial charge on any atom is -0.463 e. The number of carbonyl (C=O) groups is 3. The summed E-state index contributed by atoms with van der Waals surface area (Å²) >= 11 is 0. The van der Waals surface area contributed by atoms with Crippen molar-refractivity contribution in [1.82, 2.24) is 0 Å². The van der Waals surface area contributed by atoms with Crippen molar-refractivity contribution < 1.29 is 75.8 Å². The number of rotatable bonds is 75. The molecule has 0 radical (unpaired) electrons. The van der Waals surface area contributed by atoms with Crippen LogP contribution in [0.15, 0.2) is 170 Å². The van der Waals surface area contributed by atoms with E-state index >= 15 is 0 Å². The molecule has 0 aliphatic carbocycles. The molecule has 0 aromatic rings. The molecule has 5 unspecified atom stereocenters. The van der Waals surface area contributed by atoms with Crippen molar-refractivity contribution in [3.05, 3.63) is 170 Å². The van der Waals surface area contributed by atoms with Crippen LogP contribution >= 0.6 is 15.6 Å². The van der Waals surface area contributed by atoms with E-state index in [1.165, 1.54) is 83.5 Å². The van der Waals surface area contributed by atoms with Gasteiger partial charge in [-0.15, -0.1) is 0 Å². The molecule has 0 saturated carbocycles. The standard InChI is InChI=1S/C87H144O16P2/c1-4-7-10-13-16-19-22-25-28-31-33-35-37-38-39-40-41-42-44-46-47-50-52-55-58-61-64-67-70-73-85(90)97-76-82(88)77-99-104(93,94)100-78-83(89)79-101-105(95,96)102-81-84(103-87(92)75-72-69-66-63-60-57-54-49-30-27-24-21-18-15-12-9-6-3)80-98-86(91)74-71-68-65-62-59-56-53-51-48-45-43-36-34-32-29-26-23-20-17-14-11-8-5-2/h8-9,11-12,16-21,25-30,33-36,38-39,45,48,54,57,63,66,82-84,88-89H,4-7,10,13-15,22-24,31-32,37,40-44,46-47,49-53,55-56,58-62,64-65,67-81H2,1-3H3,(H,93,94)(H,95,96)/b11-8-,12-9-,19-16-,20-17-,21-18-,28-25-,29-26-,30-27-,35-33-,36-34-,39-38-,48-45-,57-54-,66-63-. The van der Waals surface area contributed by atoms with E-state index in [2.05, 4.69) is 179 Å². The number of phosphoric acid groups is 2. The quantitative estimate of drug-likeness (QED) is 0.0146. The summed E-state index contributed by atoms with van der Waals surface area (Å²) in [5, 5.41) is 20.7. The zero-order valence-corrected chi connectivity index (χ0v) is 67.1. The Morgan fingerprint density at radius 2 is 0.514 bits per heavy atom. The molecule has 16 nitrogen and oxygen atoms in total. The Morgan fingerprint density at radius 3 is 0.829 bits per heavy atom. The summed E-state index contributed by atoms with van der Waals surface area (Å²) in [7, 11) is -9.83. The van der Waals surface area contributed by atoms with Gasteiger partial charge in [-0.3, -0.25) is 32.5 Å². The first kappa shape index (κ1) is 99.9. The number of ether oxygens (including phenoxy) is 3. The smallest absolute Gasteiger partial charge is 0.463 e. The lowest BCUT2D eigenvalue weighted by molar-refractivity contribution is -0.161. The number of unbranched alkanes of at least 4 members (excludes halogenated alkanes) is 24. The van der Waals surface area contributed by atoms with Crippen molar-refractivity contribution >= 4 is 33.6 Å². The minimum atomic E-state index is -4.96. The van der Waals surface area contributed by atoms with Gasteiger partial charge in [0.25, 0.3) is 0 Å². The van der Waals surface area contributed by atoms with Gasteiger partial charge in [0, 0.05) is 19.3 Å². The summed E-state index contributed by atoms with van der Waals surface area (Å²) in [6.07, 6.45) is 99.8. The zero-order chi connectivity index (χ0) is 76.6. The van der Waals surface area contributed by atoms with Gasteiger partial charge in [-0.25, -0.2) is 9.13 Å². The van der Waals surface area contributed by atoms with Gasteiger partial charge in [0.2, 0.25) is 0 Å². The lowest BCUT2D eigenvalue weighted by atomic mass is 10.0. The van der Waals surface area contributed by atoms with Gasteiger partial charge >= 0.3 is 33.6 Å². The summed E-state index contributed by atoms with van der Waals surface area (Å²) in [6.45, 7) is 2.34. The molecule has 0 spiro atoms. The second kappa shape index (κ2) is 78.5. The van der Waals surface area contributed by atoms with Crippen molar-refractivity contribution in [2.45, 2.75) is 322 Å². The molecule has 0 aromatic heterocycles. The van der Waals surface area contributed by atoms with Gasteiger partial charge in [0.05, 0.1) is 26.4 Å². The molecule has 0 heterocycles. The Labute approximate surface area is 637 Å². The molecule has 0 saturated heterocycles. The van der Waals surface area contributed by atoms with Crippen LogP contribution in [0.4, 0.5) is 0 Å². The van der Waals surface area contributed by atoms with Gasteiger partial charge in [-0.1, -0.05) is 306 Å². The second-order valence-electron chi connectivity index (χ2n) is 26.5. The average Bonchev–Trinajstić information content (AvgIpc) is 0.913. The molecule has 0 rings (SSSR count). The first-order valence-corrected chi connectivity index (χ1v) is 43.4. The molecular formula is C87H144O16P2. The third kappa shape index (κ3) is 79.8. The van der Waals surface area contributed by atoms with E-state index in [0.29, 0.717) is 25.7 Å². The molecule has 598 valence electrons. The predicted octanol–water partition coefficient (Wildman–Crippen LogP) is 24.0. The highest BCUT2D eigenvalue weighted by molar-refractivity contribution is 7.47. The lowest BCUT2D eigenvalue weighted by Crippen LogP contribution is -2.30. The predicted molar refractivity (Wildman–Crippen MR) is 435 cm³/mol. The second-order valence-corrected chi connectivity index (χ2v) is 29.4. The van der Waals surface area contributed by atoms with Crippen LogP contribution in [0.25, 0.3) is 0 Å². The third-order valence-corrected chi connectivity index (χ3v) is 18.3. The highest BCUT2D eigenvalue weighted by atomic mass is 31.2. The Kier molecular flexibility index (Phi) is 74.7. The number of phosphoric ester groups is 2. The van der Waals surface area contributed by atoms with Crippen LogP contribution in [0.1, 0.15) is 303 Å². The number of esters is 3. The van der Waals surface area contributed by atoms with Gasteiger partial charge < -0.3 is 34.2 Å². The largest absolute Gasteiger partial charge is 0.472 e. The van der Waals surface area contributed by atoms with Gasteiger partial charge in [0.1, 0.15) is 25.4 Å². The molecule has 0 aromatic carbocycles. The highest BCUT2D eigenvalue weighted by Crippen LogP contribution is 2.45. The molecule has 0 aliphatic rings. The van der Waals surface area contributed by atoms with Crippen molar-refractivity contribution in [3.63, 3.8) is 0 Å². The molecule has 0 aliphatic heterocycles. The monoisotopic (exact) mass is 1510 g/mol. The maximum atomic E-state index is 13.0. The molecule has 0 fully saturated rings. The van der Waals surface area contributed by atoms with E-state index in [4.69, 9.17) is 32.3 Å². The van der Waals surface area contributed by atoms with Crippen LogP contribution in [0.3, 0.4) is 0 Å². The number of hydrogen-bond acceptors (Lipinski definition) is 14.